The van der Waals surface area contributed by atoms with E-state index in [0.29, 0.717) is 23.5 Å². The van der Waals surface area contributed by atoms with Crippen molar-refractivity contribution in [3.8, 4) is 17.0 Å². The van der Waals surface area contributed by atoms with E-state index in [1.54, 1.807) is 24.3 Å². The number of rotatable bonds is 6. The third-order valence-electron chi connectivity index (χ3n) is 6.29. The maximum absolute atomic E-state index is 13.0. The molecule has 2 heterocycles. The first-order valence-corrected chi connectivity index (χ1v) is 11.6. The monoisotopic (exact) mass is 470 g/mol. The van der Waals surface area contributed by atoms with Crippen molar-refractivity contribution in [2.24, 2.45) is 0 Å². The third kappa shape index (κ3) is 4.82. The van der Waals surface area contributed by atoms with Crippen LogP contribution >= 0.6 is 0 Å². The third-order valence-corrected chi connectivity index (χ3v) is 6.29. The highest BCUT2D eigenvalue weighted by Gasteiger charge is 2.27. The van der Waals surface area contributed by atoms with Crippen molar-refractivity contribution in [3.63, 3.8) is 0 Å². The van der Waals surface area contributed by atoms with Gasteiger partial charge in [-0.25, -0.2) is 4.79 Å². The molecule has 5 rings (SSSR count). The van der Waals surface area contributed by atoms with Gasteiger partial charge in [-0.15, -0.1) is 0 Å². The Bertz CT molecular complexity index is 1350. The van der Waals surface area contributed by atoms with Crippen molar-refractivity contribution in [1.82, 2.24) is 15.1 Å². The van der Waals surface area contributed by atoms with Crippen LogP contribution in [0.3, 0.4) is 0 Å². The molecule has 1 fully saturated rings. The van der Waals surface area contributed by atoms with Crippen LogP contribution in [0, 0.1) is 6.92 Å². The molecule has 4 aromatic rings. The normalized spacial score (nSPS) is 13.3. The molecule has 0 atom stereocenters. The molecule has 0 radical (unpaired) electrons. The fraction of sp³-hybridized carbons (Fsp3) is 0.222. The zero-order chi connectivity index (χ0) is 24.4. The number of phenols is 1. The molecule has 8 nitrogen and oxygen atoms in total. The minimum atomic E-state index is -0.413. The van der Waals surface area contributed by atoms with Gasteiger partial charge in [-0.1, -0.05) is 36.2 Å². The zero-order valence-corrected chi connectivity index (χ0v) is 19.3. The van der Waals surface area contributed by atoms with Crippen molar-refractivity contribution < 1.29 is 19.1 Å². The summed E-state index contributed by atoms with van der Waals surface area (Å²) < 4.78 is 6.51. The Morgan fingerprint density at radius 2 is 1.91 bits per heavy atom. The fourth-order valence-corrected chi connectivity index (χ4v) is 4.07. The van der Waals surface area contributed by atoms with Crippen LogP contribution in [0.25, 0.3) is 11.3 Å². The summed E-state index contributed by atoms with van der Waals surface area (Å²) in [5.74, 6) is -0.0273. The van der Waals surface area contributed by atoms with Gasteiger partial charge < -0.3 is 20.2 Å². The standard InChI is InChI=1S/C27H26N4O4/c1-17-7-9-18(10-8-17)16-28-27(34)31-23(19-4-2-5-19)15-22(30-31)21-12-11-20(14-24(21)32)29-26(33)25-6-3-13-35-25/h3,6-15,19,32H,2,4-5,16H2,1H3,(H,28,34)(H,29,33). The molecular weight excluding hydrogens is 444 g/mol. The van der Waals surface area contributed by atoms with E-state index >= 15 is 0 Å². The number of hydrogen-bond acceptors (Lipinski definition) is 5. The lowest BCUT2D eigenvalue weighted by Gasteiger charge is -2.25. The smallest absolute Gasteiger partial charge is 0.342 e. The Kier molecular flexibility index (Phi) is 6.10. The largest absolute Gasteiger partial charge is 0.507 e. The maximum atomic E-state index is 13.0. The second-order valence-electron chi connectivity index (χ2n) is 8.80. The number of carbonyl (C=O) groups excluding carboxylic acids is 2. The Labute approximate surface area is 202 Å². The molecule has 8 heteroatoms. The van der Waals surface area contributed by atoms with E-state index in [1.807, 2.05) is 37.3 Å². The molecule has 0 bridgehead atoms. The van der Waals surface area contributed by atoms with E-state index in [1.165, 1.54) is 17.0 Å². The highest BCUT2D eigenvalue weighted by Crippen LogP contribution is 2.39. The average molecular weight is 471 g/mol. The molecule has 35 heavy (non-hydrogen) atoms. The molecule has 3 N–H and O–H groups in total. The maximum Gasteiger partial charge on any atom is 0.342 e. The van der Waals surface area contributed by atoms with Gasteiger partial charge in [-0.05, 0) is 55.7 Å². The lowest BCUT2D eigenvalue weighted by Crippen LogP contribution is -2.31. The highest BCUT2D eigenvalue weighted by atomic mass is 16.3. The Balaban J connectivity index is 1.36. The lowest BCUT2D eigenvalue weighted by atomic mass is 9.82. The molecule has 1 aliphatic carbocycles. The van der Waals surface area contributed by atoms with Gasteiger partial charge in [0.05, 0.1) is 17.7 Å². The van der Waals surface area contributed by atoms with E-state index in [0.717, 1.165) is 36.1 Å². The first kappa shape index (κ1) is 22.5. The summed E-state index contributed by atoms with van der Waals surface area (Å²) in [5.41, 5.74) is 4.40. The number of aryl methyl sites for hydroxylation is 1. The van der Waals surface area contributed by atoms with Crippen LogP contribution in [0.2, 0.25) is 0 Å². The lowest BCUT2D eigenvalue weighted by molar-refractivity contribution is 0.0996. The molecule has 1 aliphatic rings. The summed E-state index contributed by atoms with van der Waals surface area (Å²) in [5, 5.41) is 20.9. The van der Waals surface area contributed by atoms with Crippen LogP contribution < -0.4 is 10.6 Å². The molecule has 0 spiro atoms. The predicted molar refractivity (Wildman–Crippen MR) is 131 cm³/mol. The van der Waals surface area contributed by atoms with Gasteiger partial charge in [-0.2, -0.15) is 9.78 Å². The van der Waals surface area contributed by atoms with Gasteiger partial charge in [0.2, 0.25) is 0 Å². The highest BCUT2D eigenvalue weighted by molar-refractivity contribution is 6.02. The Morgan fingerprint density at radius 3 is 2.57 bits per heavy atom. The van der Waals surface area contributed by atoms with E-state index in [-0.39, 0.29) is 23.5 Å². The summed E-state index contributed by atoms with van der Waals surface area (Å²) in [7, 11) is 0. The van der Waals surface area contributed by atoms with E-state index < -0.39 is 5.91 Å². The van der Waals surface area contributed by atoms with Crippen LogP contribution in [0.15, 0.2) is 71.3 Å². The van der Waals surface area contributed by atoms with Gasteiger partial charge in [-0.3, -0.25) is 4.79 Å². The Hall–Kier alpha value is -4.33. The second-order valence-corrected chi connectivity index (χ2v) is 8.80. The van der Waals surface area contributed by atoms with Crippen molar-refractivity contribution in [2.45, 2.75) is 38.6 Å². The number of furan rings is 1. The Morgan fingerprint density at radius 1 is 1.11 bits per heavy atom. The first-order chi connectivity index (χ1) is 17.0. The van der Waals surface area contributed by atoms with Crippen molar-refractivity contribution in [2.75, 3.05) is 5.32 Å². The number of phenolic OH excluding ortho intramolecular Hbond substituents is 1. The summed E-state index contributed by atoms with van der Waals surface area (Å²) in [6, 6.07) is 17.5. The van der Waals surface area contributed by atoms with Crippen LogP contribution in [-0.4, -0.2) is 26.8 Å². The van der Waals surface area contributed by atoms with Gasteiger partial charge in [0, 0.05) is 29.8 Å². The molecule has 1 saturated carbocycles. The number of nitrogens with zero attached hydrogens (tertiary/aromatic N) is 2. The van der Waals surface area contributed by atoms with Gasteiger partial charge in [0.15, 0.2) is 5.76 Å². The predicted octanol–water partition coefficient (Wildman–Crippen LogP) is 5.43. The molecule has 2 amide bonds. The number of anilines is 1. The zero-order valence-electron chi connectivity index (χ0n) is 19.3. The van der Waals surface area contributed by atoms with Crippen LogP contribution in [-0.2, 0) is 6.54 Å². The number of carbonyl (C=O) groups is 2. The minimum Gasteiger partial charge on any atom is -0.507 e. The van der Waals surface area contributed by atoms with Crippen molar-refractivity contribution in [3.05, 3.63) is 89.5 Å². The molecule has 2 aromatic heterocycles. The quantitative estimate of drug-likeness (QED) is 0.348. The fourth-order valence-electron chi connectivity index (χ4n) is 4.07. The number of amides is 2. The van der Waals surface area contributed by atoms with Crippen molar-refractivity contribution >= 4 is 17.6 Å². The van der Waals surface area contributed by atoms with E-state index in [4.69, 9.17) is 4.42 Å². The van der Waals surface area contributed by atoms with E-state index in [9.17, 15) is 14.7 Å². The van der Waals surface area contributed by atoms with Crippen LogP contribution in [0.4, 0.5) is 10.5 Å². The molecule has 178 valence electrons. The summed E-state index contributed by atoms with van der Waals surface area (Å²) >= 11 is 0. The summed E-state index contributed by atoms with van der Waals surface area (Å²) in [4.78, 5) is 25.3. The number of hydrogen-bond donors (Lipinski definition) is 3. The second kappa shape index (κ2) is 9.50. The number of nitrogens with one attached hydrogen (secondary N) is 2. The van der Waals surface area contributed by atoms with Crippen LogP contribution in [0.1, 0.15) is 52.6 Å². The van der Waals surface area contributed by atoms with Gasteiger partial charge in [0.25, 0.3) is 5.91 Å². The molecule has 0 saturated heterocycles. The SMILES string of the molecule is Cc1ccc(CNC(=O)n2nc(-c3ccc(NC(=O)c4ccco4)cc3O)cc2C2CCC2)cc1. The van der Waals surface area contributed by atoms with Gasteiger partial charge >= 0.3 is 6.03 Å². The number of benzene rings is 2. The average Bonchev–Trinajstić information content (AvgIpc) is 3.48. The first-order valence-electron chi connectivity index (χ1n) is 11.6. The topological polar surface area (TPSA) is 109 Å². The number of aromatic nitrogens is 2. The van der Waals surface area contributed by atoms with Gasteiger partial charge in [0.1, 0.15) is 5.75 Å². The van der Waals surface area contributed by atoms with Crippen molar-refractivity contribution in [1.29, 1.82) is 0 Å². The minimum absolute atomic E-state index is 0.0490. The van der Waals surface area contributed by atoms with Crippen LogP contribution in [0.5, 0.6) is 5.75 Å². The van der Waals surface area contributed by atoms with E-state index in [2.05, 4.69) is 15.7 Å². The molecule has 0 aliphatic heterocycles. The number of aromatic hydroxyl groups is 1. The summed E-state index contributed by atoms with van der Waals surface area (Å²) in [6.45, 7) is 2.42. The molecule has 0 unspecified atom stereocenters. The molecular formula is C27H26N4O4. The molecule has 2 aromatic carbocycles. The summed E-state index contributed by atoms with van der Waals surface area (Å²) in [6.07, 6.45) is 4.54.